The van der Waals surface area contributed by atoms with Gasteiger partial charge in [0.2, 0.25) is 5.91 Å². The first-order chi connectivity index (χ1) is 8.99. The van der Waals surface area contributed by atoms with Gasteiger partial charge in [0.1, 0.15) is 0 Å². The van der Waals surface area contributed by atoms with Crippen LogP contribution in [0.2, 0.25) is 0 Å². The van der Waals surface area contributed by atoms with Gasteiger partial charge < -0.3 is 10.0 Å². The molecule has 1 aliphatic heterocycles. The summed E-state index contributed by atoms with van der Waals surface area (Å²) in [4.78, 5) is 24.2. The second-order valence-electron chi connectivity index (χ2n) is 4.48. The van der Waals surface area contributed by atoms with E-state index in [2.05, 4.69) is 0 Å². The first-order valence-corrected chi connectivity index (χ1v) is 6.88. The normalized spacial score (nSPS) is 18.9. The molecule has 19 heavy (non-hydrogen) atoms. The van der Waals surface area contributed by atoms with Crippen LogP contribution in [0.5, 0.6) is 5.75 Å². The van der Waals surface area contributed by atoms with Crippen molar-refractivity contribution in [1.82, 2.24) is 0 Å². The number of phenolic OH excluding ortho intramolecular Hbond substituents is 1. The molecule has 0 saturated carbocycles. The number of aromatic hydroxyl groups is 1. The molecule has 1 fully saturated rings. The molecule has 1 N–H and O–H groups in total. The van der Waals surface area contributed by atoms with Crippen molar-refractivity contribution in [3.63, 3.8) is 0 Å². The second-order valence-corrected chi connectivity index (χ2v) is 5.68. The summed E-state index contributed by atoms with van der Waals surface area (Å²) in [5, 5.41) is 9.67. The van der Waals surface area contributed by atoms with Crippen LogP contribution in [0.15, 0.2) is 18.2 Å². The van der Waals surface area contributed by atoms with Gasteiger partial charge >= 0.3 is 0 Å². The van der Waals surface area contributed by atoms with Crippen molar-refractivity contribution in [2.75, 3.05) is 17.2 Å². The highest BCUT2D eigenvalue weighted by molar-refractivity contribution is 8.13. The van der Waals surface area contributed by atoms with E-state index in [9.17, 15) is 19.1 Å². The predicted octanol–water partition coefficient (Wildman–Crippen LogP) is 2.16. The van der Waals surface area contributed by atoms with Crippen molar-refractivity contribution < 1.29 is 19.1 Å². The lowest BCUT2D eigenvalue weighted by Crippen LogP contribution is -2.25. The third kappa shape index (κ3) is 3.07. The minimum absolute atomic E-state index is 0.0134. The summed E-state index contributed by atoms with van der Waals surface area (Å²) in [5.41, 5.74) is 0.195. The number of benzene rings is 1. The molecule has 0 aromatic heterocycles. The maximum atomic E-state index is 13.3. The van der Waals surface area contributed by atoms with Gasteiger partial charge in [-0.2, -0.15) is 0 Å². The minimum Gasteiger partial charge on any atom is -0.503 e. The number of thioether (sulfide) groups is 1. The zero-order valence-electron chi connectivity index (χ0n) is 10.4. The van der Waals surface area contributed by atoms with E-state index < -0.39 is 11.6 Å². The minimum atomic E-state index is -0.744. The predicted molar refractivity (Wildman–Crippen MR) is 71.7 cm³/mol. The van der Waals surface area contributed by atoms with E-state index >= 15 is 0 Å². The van der Waals surface area contributed by atoms with Crippen molar-refractivity contribution in [3.8, 4) is 5.75 Å². The van der Waals surface area contributed by atoms with Crippen molar-refractivity contribution in [3.05, 3.63) is 24.0 Å². The number of rotatable bonds is 3. The van der Waals surface area contributed by atoms with Gasteiger partial charge in [-0.05, 0) is 18.1 Å². The topological polar surface area (TPSA) is 57.6 Å². The van der Waals surface area contributed by atoms with Gasteiger partial charge in [0, 0.05) is 25.6 Å². The lowest BCUT2D eigenvalue weighted by atomic mass is 10.1. The summed E-state index contributed by atoms with van der Waals surface area (Å²) >= 11 is 1.18. The molecule has 1 atom stereocenters. The van der Waals surface area contributed by atoms with Crippen LogP contribution in [0.1, 0.15) is 13.3 Å². The van der Waals surface area contributed by atoms with Crippen molar-refractivity contribution in [1.29, 1.82) is 0 Å². The van der Waals surface area contributed by atoms with Gasteiger partial charge in [-0.25, -0.2) is 4.39 Å². The van der Waals surface area contributed by atoms with E-state index in [1.54, 1.807) is 0 Å². The Kier molecular flexibility index (Phi) is 4.09. The standard InChI is InChI=1S/C13H14FNO3S/c1-8(16)19-7-9-5-12(17)15(6-9)11-4-2-3-10(14)13(11)18/h2-4,9,18H,5-7H2,1H3. The van der Waals surface area contributed by atoms with Crippen molar-refractivity contribution >= 4 is 28.5 Å². The largest absolute Gasteiger partial charge is 0.503 e. The fourth-order valence-corrected chi connectivity index (χ4v) is 2.78. The molecule has 6 heteroatoms. The van der Waals surface area contributed by atoms with E-state index in [1.165, 1.54) is 35.7 Å². The number of halogens is 1. The van der Waals surface area contributed by atoms with E-state index in [-0.39, 0.29) is 22.6 Å². The van der Waals surface area contributed by atoms with Crippen LogP contribution < -0.4 is 4.90 Å². The number of hydrogen-bond acceptors (Lipinski definition) is 4. The molecule has 0 bridgehead atoms. The molecule has 1 amide bonds. The van der Waals surface area contributed by atoms with Crippen LogP contribution in [0, 0.1) is 11.7 Å². The molecule has 102 valence electrons. The van der Waals surface area contributed by atoms with Crippen molar-refractivity contribution in [2.45, 2.75) is 13.3 Å². The van der Waals surface area contributed by atoms with Crippen LogP contribution >= 0.6 is 11.8 Å². The Morgan fingerprint density at radius 1 is 1.58 bits per heavy atom. The summed E-state index contributed by atoms with van der Waals surface area (Å²) in [7, 11) is 0. The van der Waals surface area contributed by atoms with Crippen LogP contribution in [0.4, 0.5) is 10.1 Å². The molecule has 0 spiro atoms. The molecule has 1 unspecified atom stereocenters. The van der Waals surface area contributed by atoms with Gasteiger partial charge in [0.25, 0.3) is 0 Å². The summed E-state index contributed by atoms with van der Waals surface area (Å²) < 4.78 is 13.3. The van der Waals surface area contributed by atoms with Gasteiger partial charge in [-0.3, -0.25) is 9.59 Å². The Morgan fingerprint density at radius 3 is 3.00 bits per heavy atom. The third-order valence-corrected chi connectivity index (χ3v) is 4.03. The number of carbonyl (C=O) groups excluding carboxylic acids is 2. The molecule has 1 saturated heterocycles. The summed E-state index contributed by atoms with van der Waals surface area (Å²) in [6, 6.07) is 4.11. The van der Waals surface area contributed by atoms with Gasteiger partial charge in [0.15, 0.2) is 16.7 Å². The smallest absolute Gasteiger partial charge is 0.227 e. The quantitative estimate of drug-likeness (QED) is 0.923. The summed E-state index contributed by atoms with van der Waals surface area (Å²) in [6.07, 6.45) is 0.316. The molecule has 0 aliphatic carbocycles. The maximum Gasteiger partial charge on any atom is 0.227 e. The Morgan fingerprint density at radius 2 is 2.32 bits per heavy atom. The first kappa shape index (κ1) is 13.9. The molecule has 0 radical (unpaired) electrons. The number of nitrogens with zero attached hydrogens (tertiary/aromatic N) is 1. The molecule has 1 aliphatic rings. The summed E-state index contributed by atoms with van der Waals surface area (Å²) in [5.74, 6) is -0.796. The van der Waals surface area contributed by atoms with E-state index in [0.29, 0.717) is 18.7 Å². The number of amides is 1. The monoisotopic (exact) mass is 283 g/mol. The molecule has 1 aromatic rings. The Balaban J connectivity index is 2.11. The SMILES string of the molecule is CC(=O)SCC1CC(=O)N(c2cccc(F)c2O)C1. The Bertz CT molecular complexity index is 521. The first-order valence-electron chi connectivity index (χ1n) is 5.90. The zero-order chi connectivity index (χ0) is 14.0. The van der Waals surface area contributed by atoms with E-state index in [1.807, 2.05) is 0 Å². The highest BCUT2D eigenvalue weighted by atomic mass is 32.2. The van der Waals surface area contributed by atoms with E-state index in [0.717, 1.165) is 6.07 Å². The lowest BCUT2D eigenvalue weighted by molar-refractivity contribution is -0.117. The Labute approximate surface area is 114 Å². The summed E-state index contributed by atoms with van der Waals surface area (Å²) in [6.45, 7) is 1.88. The number of para-hydroxylation sites is 1. The highest BCUT2D eigenvalue weighted by Crippen LogP contribution is 2.34. The number of anilines is 1. The average molecular weight is 283 g/mol. The molecule has 1 heterocycles. The second kappa shape index (κ2) is 5.61. The third-order valence-electron chi connectivity index (χ3n) is 2.98. The fourth-order valence-electron chi connectivity index (χ4n) is 2.08. The molecular weight excluding hydrogens is 269 g/mol. The lowest BCUT2D eigenvalue weighted by Gasteiger charge is -2.18. The van der Waals surface area contributed by atoms with Crippen LogP contribution in [-0.4, -0.2) is 28.4 Å². The maximum absolute atomic E-state index is 13.3. The Hall–Kier alpha value is -1.56. The van der Waals surface area contributed by atoms with Gasteiger partial charge in [-0.15, -0.1) is 0 Å². The number of hydrogen-bond donors (Lipinski definition) is 1. The average Bonchev–Trinajstić information content (AvgIpc) is 2.71. The van der Waals surface area contributed by atoms with E-state index in [4.69, 9.17) is 0 Å². The molecule has 4 nitrogen and oxygen atoms in total. The van der Waals surface area contributed by atoms with Crippen molar-refractivity contribution in [2.24, 2.45) is 5.92 Å². The molecular formula is C13H14FNO3S. The van der Waals surface area contributed by atoms with Crippen LogP contribution in [-0.2, 0) is 9.59 Å². The fraction of sp³-hybridized carbons (Fsp3) is 0.385. The van der Waals surface area contributed by atoms with Gasteiger partial charge in [-0.1, -0.05) is 17.8 Å². The number of carbonyl (C=O) groups is 2. The number of phenols is 1. The highest BCUT2D eigenvalue weighted by Gasteiger charge is 2.32. The van der Waals surface area contributed by atoms with Gasteiger partial charge in [0.05, 0.1) is 5.69 Å². The molecule has 1 aromatic carbocycles. The van der Waals surface area contributed by atoms with Crippen LogP contribution in [0.25, 0.3) is 0 Å². The molecule has 2 rings (SSSR count). The zero-order valence-corrected chi connectivity index (χ0v) is 11.2. The van der Waals surface area contributed by atoms with Crippen LogP contribution in [0.3, 0.4) is 0 Å².